The molecule has 0 bridgehead atoms. The Kier molecular flexibility index (Phi) is 4.40. The summed E-state index contributed by atoms with van der Waals surface area (Å²) in [6.07, 6.45) is 0.864. The van der Waals surface area contributed by atoms with Crippen LogP contribution in [0.1, 0.15) is 35.3 Å². The Morgan fingerprint density at radius 3 is 2.73 bits per heavy atom. The van der Waals surface area contributed by atoms with E-state index in [0.29, 0.717) is 11.2 Å². The van der Waals surface area contributed by atoms with Crippen molar-refractivity contribution in [1.82, 2.24) is 13.9 Å². The number of benzene rings is 1. The summed E-state index contributed by atoms with van der Waals surface area (Å²) in [5.74, 6) is 0.771. The van der Waals surface area contributed by atoms with E-state index < -0.39 is 0 Å². The first-order valence-corrected chi connectivity index (χ1v) is 8.85. The second-order valence-electron chi connectivity index (χ2n) is 5.17. The SMILES string of the molecule is CCC(Br)c1nc2c(C)nsc2c(=O)n1Cc1ccccc1. The Balaban J connectivity index is 2.22. The molecule has 0 aliphatic heterocycles. The van der Waals surface area contributed by atoms with E-state index in [0.717, 1.165) is 29.0 Å². The Morgan fingerprint density at radius 2 is 2.05 bits per heavy atom. The Morgan fingerprint density at radius 1 is 1.32 bits per heavy atom. The zero-order chi connectivity index (χ0) is 15.7. The Hall–Kier alpha value is -1.53. The zero-order valence-electron chi connectivity index (χ0n) is 12.4. The molecule has 3 aromatic rings. The summed E-state index contributed by atoms with van der Waals surface area (Å²) in [5.41, 5.74) is 2.63. The molecule has 1 unspecified atom stereocenters. The molecule has 0 N–H and O–H groups in total. The minimum atomic E-state index is -0.00708. The van der Waals surface area contributed by atoms with Crippen LogP contribution >= 0.6 is 27.5 Å². The molecule has 1 aromatic carbocycles. The van der Waals surface area contributed by atoms with Crippen molar-refractivity contribution in [3.05, 3.63) is 57.8 Å². The molecule has 22 heavy (non-hydrogen) atoms. The first-order chi connectivity index (χ1) is 10.6. The molecule has 0 saturated carbocycles. The number of halogens is 1. The van der Waals surface area contributed by atoms with Crippen LogP contribution in [0, 0.1) is 6.92 Å². The molecule has 2 aromatic heterocycles. The molecule has 6 heteroatoms. The predicted octanol–water partition coefficient (Wildman–Crippen LogP) is 4.06. The Bertz CT molecular complexity index is 857. The number of aryl methyl sites for hydroxylation is 1. The molecule has 0 aliphatic rings. The molecule has 0 spiro atoms. The lowest BCUT2D eigenvalue weighted by molar-refractivity contribution is 0.663. The van der Waals surface area contributed by atoms with Crippen LogP contribution in [0.5, 0.6) is 0 Å². The molecule has 3 rings (SSSR count). The topological polar surface area (TPSA) is 47.8 Å². The minimum absolute atomic E-state index is 0.00708. The molecule has 4 nitrogen and oxygen atoms in total. The lowest BCUT2D eigenvalue weighted by Crippen LogP contribution is -2.26. The van der Waals surface area contributed by atoms with E-state index in [4.69, 9.17) is 4.98 Å². The summed E-state index contributed by atoms with van der Waals surface area (Å²) < 4.78 is 6.68. The van der Waals surface area contributed by atoms with Gasteiger partial charge in [0.25, 0.3) is 5.56 Å². The maximum absolute atomic E-state index is 12.9. The van der Waals surface area contributed by atoms with Gasteiger partial charge in [0, 0.05) is 0 Å². The number of hydrogen-bond acceptors (Lipinski definition) is 4. The first-order valence-electron chi connectivity index (χ1n) is 7.16. The van der Waals surface area contributed by atoms with Crippen LogP contribution in [-0.4, -0.2) is 13.9 Å². The molecule has 0 radical (unpaired) electrons. The molecular weight excluding hydrogens is 362 g/mol. The molecule has 0 amide bonds. The summed E-state index contributed by atoms with van der Waals surface area (Å²) in [6.45, 7) is 4.49. The normalized spacial score (nSPS) is 12.7. The van der Waals surface area contributed by atoms with Gasteiger partial charge in [0.1, 0.15) is 16.0 Å². The number of rotatable bonds is 4. The lowest BCUT2D eigenvalue weighted by Gasteiger charge is -2.15. The third-order valence-electron chi connectivity index (χ3n) is 3.60. The van der Waals surface area contributed by atoms with Gasteiger partial charge >= 0.3 is 0 Å². The van der Waals surface area contributed by atoms with Gasteiger partial charge in [-0.05, 0) is 30.4 Å². The summed E-state index contributed by atoms with van der Waals surface area (Å²) in [6, 6.07) is 9.98. The highest BCUT2D eigenvalue weighted by molar-refractivity contribution is 9.09. The van der Waals surface area contributed by atoms with Crippen molar-refractivity contribution in [3.8, 4) is 0 Å². The maximum atomic E-state index is 12.9. The Labute approximate surface area is 141 Å². The largest absolute Gasteiger partial charge is 0.290 e. The van der Waals surface area contributed by atoms with Crippen LogP contribution in [-0.2, 0) is 6.54 Å². The van der Waals surface area contributed by atoms with Gasteiger partial charge in [-0.3, -0.25) is 9.36 Å². The number of fused-ring (bicyclic) bond motifs is 1. The summed E-state index contributed by atoms with van der Waals surface area (Å²) >= 11 is 4.87. The van der Waals surface area contributed by atoms with Crippen molar-refractivity contribution in [2.24, 2.45) is 0 Å². The van der Waals surface area contributed by atoms with Crippen molar-refractivity contribution >= 4 is 37.7 Å². The highest BCUT2D eigenvalue weighted by Crippen LogP contribution is 2.27. The number of nitrogens with zero attached hydrogens (tertiary/aromatic N) is 3. The van der Waals surface area contributed by atoms with E-state index in [-0.39, 0.29) is 10.4 Å². The quantitative estimate of drug-likeness (QED) is 0.644. The van der Waals surface area contributed by atoms with E-state index in [1.165, 1.54) is 11.5 Å². The average molecular weight is 378 g/mol. The fourth-order valence-electron chi connectivity index (χ4n) is 2.38. The van der Waals surface area contributed by atoms with Crippen LogP contribution in [0.2, 0.25) is 0 Å². The van der Waals surface area contributed by atoms with Crippen molar-refractivity contribution in [1.29, 1.82) is 0 Å². The predicted molar refractivity (Wildman–Crippen MR) is 93.9 cm³/mol. The molecular formula is C16H16BrN3OS. The second-order valence-corrected chi connectivity index (χ2v) is 7.05. The fraction of sp³-hybridized carbons (Fsp3) is 0.312. The van der Waals surface area contributed by atoms with Gasteiger partial charge < -0.3 is 0 Å². The van der Waals surface area contributed by atoms with Gasteiger partial charge in [0.2, 0.25) is 0 Å². The summed E-state index contributed by atoms with van der Waals surface area (Å²) in [5, 5.41) is 0. The van der Waals surface area contributed by atoms with Crippen molar-refractivity contribution in [3.63, 3.8) is 0 Å². The van der Waals surface area contributed by atoms with Gasteiger partial charge in [-0.25, -0.2) is 4.98 Å². The van der Waals surface area contributed by atoms with Gasteiger partial charge in [0.15, 0.2) is 0 Å². The standard InChI is InChI=1S/C16H16BrN3OS/c1-3-12(17)15-18-13-10(2)19-22-14(13)16(21)20(15)9-11-7-5-4-6-8-11/h4-8,12H,3,9H2,1-2H3. The van der Waals surface area contributed by atoms with Crippen molar-refractivity contribution in [2.75, 3.05) is 0 Å². The van der Waals surface area contributed by atoms with Crippen LogP contribution in [0.4, 0.5) is 0 Å². The summed E-state index contributed by atoms with van der Waals surface area (Å²) in [7, 11) is 0. The number of alkyl halides is 1. The lowest BCUT2D eigenvalue weighted by atomic mass is 10.2. The van der Waals surface area contributed by atoms with E-state index in [9.17, 15) is 4.79 Å². The van der Waals surface area contributed by atoms with Crippen LogP contribution in [0.25, 0.3) is 10.2 Å². The van der Waals surface area contributed by atoms with Gasteiger partial charge in [-0.2, -0.15) is 4.37 Å². The minimum Gasteiger partial charge on any atom is -0.290 e. The van der Waals surface area contributed by atoms with Crippen molar-refractivity contribution < 1.29 is 0 Å². The third-order valence-corrected chi connectivity index (χ3v) is 5.57. The van der Waals surface area contributed by atoms with Gasteiger partial charge in [-0.15, -0.1) is 0 Å². The van der Waals surface area contributed by atoms with Crippen LogP contribution in [0.15, 0.2) is 35.1 Å². The second kappa shape index (κ2) is 6.30. The van der Waals surface area contributed by atoms with Crippen LogP contribution in [0.3, 0.4) is 0 Å². The molecule has 0 aliphatic carbocycles. The smallest absolute Gasteiger partial charge is 0.273 e. The highest BCUT2D eigenvalue weighted by Gasteiger charge is 2.19. The fourth-order valence-corrected chi connectivity index (χ4v) is 3.51. The number of aromatic nitrogens is 3. The molecule has 2 heterocycles. The van der Waals surface area contributed by atoms with E-state index in [1.54, 1.807) is 4.57 Å². The zero-order valence-corrected chi connectivity index (χ0v) is 14.8. The van der Waals surface area contributed by atoms with Gasteiger partial charge in [-0.1, -0.05) is 53.2 Å². The third kappa shape index (κ3) is 2.73. The summed E-state index contributed by atoms with van der Waals surface area (Å²) in [4.78, 5) is 17.6. The molecule has 114 valence electrons. The molecule has 0 fully saturated rings. The monoisotopic (exact) mass is 377 g/mol. The first kappa shape index (κ1) is 15.4. The molecule has 0 saturated heterocycles. The highest BCUT2D eigenvalue weighted by atomic mass is 79.9. The number of hydrogen-bond donors (Lipinski definition) is 0. The van der Waals surface area contributed by atoms with E-state index in [2.05, 4.69) is 27.2 Å². The van der Waals surface area contributed by atoms with Crippen molar-refractivity contribution in [2.45, 2.75) is 31.6 Å². The van der Waals surface area contributed by atoms with Gasteiger partial charge in [0.05, 0.1) is 17.1 Å². The average Bonchev–Trinajstić information content (AvgIpc) is 2.91. The van der Waals surface area contributed by atoms with E-state index >= 15 is 0 Å². The maximum Gasteiger partial charge on any atom is 0.273 e. The molecule has 1 atom stereocenters. The van der Waals surface area contributed by atoms with Crippen LogP contribution < -0.4 is 5.56 Å². The van der Waals surface area contributed by atoms with E-state index in [1.807, 2.05) is 37.3 Å².